The monoisotopic (exact) mass is 264 g/mol. The molecule has 0 spiro atoms. The summed E-state index contributed by atoms with van der Waals surface area (Å²) >= 11 is 0. The van der Waals surface area contributed by atoms with Crippen LogP contribution in [-0.2, 0) is 13.1 Å². The Morgan fingerprint density at radius 2 is 2.21 bits per heavy atom. The first-order valence-corrected chi connectivity index (χ1v) is 7.66. The molecule has 1 aromatic heterocycles. The molecule has 3 nitrogen and oxygen atoms in total. The first-order chi connectivity index (χ1) is 9.15. The number of furan rings is 1. The van der Waals surface area contributed by atoms with Crippen LogP contribution < -0.4 is 5.32 Å². The summed E-state index contributed by atoms with van der Waals surface area (Å²) in [5.74, 6) is 2.02. The average molecular weight is 264 g/mol. The third-order valence-corrected chi connectivity index (χ3v) is 4.02. The van der Waals surface area contributed by atoms with Gasteiger partial charge in [-0.05, 0) is 44.3 Å². The molecule has 0 saturated carbocycles. The van der Waals surface area contributed by atoms with Crippen LogP contribution in [0.2, 0.25) is 0 Å². The van der Waals surface area contributed by atoms with Gasteiger partial charge in [-0.25, -0.2) is 0 Å². The highest BCUT2D eigenvalue weighted by atomic mass is 16.3. The van der Waals surface area contributed by atoms with Crippen molar-refractivity contribution in [1.29, 1.82) is 0 Å². The second kappa shape index (κ2) is 7.11. The first kappa shape index (κ1) is 14.6. The molecule has 1 saturated heterocycles. The molecule has 1 aromatic rings. The van der Waals surface area contributed by atoms with Crippen molar-refractivity contribution in [2.45, 2.75) is 59.2 Å². The summed E-state index contributed by atoms with van der Waals surface area (Å²) in [4.78, 5) is 2.54. The van der Waals surface area contributed by atoms with Crippen molar-refractivity contribution in [2.24, 2.45) is 5.92 Å². The molecule has 0 amide bonds. The highest BCUT2D eigenvalue weighted by Crippen LogP contribution is 2.20. The molecule has 1 atom stereocenters. The van der Waals surface area contributed by atoms with E-state index in [9.17, 15) is 0 Å². The maximum absolute atomic E-state index is 5.69. The van der Waals surface area contributed by atoms with Crippen LogP contribution >= 0.6 is 0 Å². The van der Waals surface area contributed by atoms with Gasteiger partial charge in [-0.3, -0.25) is 4.90 Å². The number of rotatable bonds is 5. The zero-order valence-corrected chi connectivity index (χ0v) is 12.6. The molecule has 3 heteroatoms. The van der Waals surface area contributed by atoms with Gasteiger partial charge in [-0.15, -0.1) is 0 Å². The zero-order chi connectivity index (χ0) is 13.7. The van der Waals surface area contributed by atoms with Crippen molar-refractivity contribution in [2.75, 3.05) is 13.1 Å². The minimum absolute atomic E-state index is 0.516. The maximum Gasteiger partial charge on any atom is 0.122 e. The van der Waals surface area contributed by atoms with E-state index < -0.39 is 0 Å². The van der Waals surface area contributed by atoms with Crippen LogP contribution in [0.15, 0.2) is 16.7 Å². The van der Waals surface area contributed by atoms with Gasteiger partial charge in [0.25, 0.3) is 0 Å². The summed E-state index contributed by atoms with van der Waals surface area (Å²) in [5.41, 5.74) is 1.31. The van der Waals surface area contributed by atoms with Gasteiger partial charge in [0.1, 0.15) is 5.76 Å². The van der Waals surface area contributed by atoms with Crippen LogP contribution in [0, 0.1) is 5.92 Å². The molecule has 1 N–H and O–H groups in total. The van der Waals surface area contributed by atoms with Gasteiger partial charge in [-0.1, -0.05) is 20.8 Å². The minimum Gasteiger partial charge on any atom is -0.468 e. The molecule has 0 aromatic carbocycles. The summed E-state index contributed by atoms with van der Waals surface area (Å²) in [7, 11) is 0. The smallest absolute Gasteiger partial charge is 0.122 e. The standard InChI is InChI=1S/C16H28N2O/c1-13(2)17-11-15-7-10-19-16(15)12-18-8-4-5-14(3)6-9-18/h7,10,13-14,17H,4-6,8-9,11-12H2,1-3H3. The maximum atomic E-state index is 5.69. The SMILES string of the molecule is CC1CCCN(Cc2occc2CNC(C)C)CC1. The predicted molar refractivity (Wildman–Crippen MR) is 79.0 cm³/mol. The van der Waals surface area contributed by atoms with Crippen LogP contribution in [0.25, 0.3) is 0 Å². The molecule has 1 aliphatic rings. The summed E-state index contributed by atoms with van der Waals surface area (Å²) < 4.78 is 5.69. The molecule has 19 heavy (non-hydrogen) atoms. The number of nitrogens with zero attached hydrogens (tertiary/aromatic N) is 1. The van der Waals surface area contributed by atoms with E-state index in [1.165, 1.54) is 37.9 Å². The first-order valence-electron chi connectivity index (χ1n) is 7.66. The van der Waals surface area contributed by atoms with Crippen LogP contribution in [-0.4, -0.2) is 24.0 Å². The zero-order valence-electron chi connectivity index (χ0n) is 12.6. The van der Waals surface area contributed by atoms with E-state index in [2.05, 4.69) is 37.1 Å². The van der Waals surface area contributed by atoms with Crippen molar-refractivity contribution in [3.05, 3.63) is 23.7 Å². The molecular formula is C16H28N2O. The Bertz CT molecular complexity index is 373. The lowest BCUT2D eigenvalue weighted by Crippen LogP contribution is -2.26. The Balaban J connectivity index is 1.89. The second-order valence-electron chi connectivity index (χ2n) is 6.22. The van der Waals surface area contributed by atoms with Crippen molar-refractivity contribution in [3.8, 4) is 0 Å². The Hall–Kier alpha value is -0.800. The van der Waals surface area contributed by atoms with Gasteiger partial charge in [0.15, 0.2) is 0 Å². The third-order valence-electron chi connectivity index (χ3n) is 4.02. The van der Waals surface area contributed by atoms with E-state index in [4.69, 9.17) is 4.42 Å². The normalized spacial score (nSPS) is 21.8. The van der Waals surface area contributed by atoms with E-state index in [-0.39, 0.29) is 0 Å². The fourth-order valence-corrected chi connectivity index (χ4v) is 2.66. The second-order valence-corrected chi connectivity index (χ2v) is 6.22. The van der Waals surface area contributed by atoms with E-state index in [1.54, 1.807) is 0 Å². The van der Waals surface area contributed by atoms with Gasteiger partial charge < -0.3 is 9.73 Å². The van der Waals surface area contributed by atoms with Crippen molar-refractivity contribution < 1.29 is 4.42 Å². The molecule has 108 valence electrons. The largest absolute Gasteiger partial charge is 0.468 e. The summed E-state index contributed by atoms with van der Waals surface area (Å²) in [5, 5.41) is 3.47. The van der Waals surface area contributed by atoms with Gasteiger partial charge in [0, 0.05) is 18.2 Å². The molecule has 2 heterocycles. The Kier molecular flexibility index (Phi) is 5.46. The van der Waals surface area contributed by atoms with Crippen LogP contribution in [0.1, 0.15) is 51.4 Å². The minimum atomic E-state index is 0.516. The number of likely N-dealkylation sites (tertiary alicyclic amines) is 1. The molecule has 1 unspecified atom stereocenters. The molecule has 1 aliphatic heterocycles. The van der Waals surface area contributed by atoms with E-state index >= 15 is 0 Å². The van der Waals surface area contributed by atoms with Crippen molar-refractivity contribution in [3.63, 3.8) is 0 Å². The predicted octanol–water partition coefficient (Wildman–Crippen LogP) is 3.40. The Morgan fingerprint density at radius 1 is 1.37 bits per heavy atom. The van der Waals surface area contributed by atoms with Crippen LogP contribution in [0.3, 0.4) is 0 Å². The van der Waals surface area contributed by atoms with Crippen molar-refractivity contribution in [1.82, 2.24) is 10.2 Å². The lowest BCUT2D eigenvalue weighted by molar-refractivity contribution is 0.249. The van der Waals surface area contributed by atoms with Gasteiger partial charge >= 0.3 is 0 Å². The average Bonchev–Trinajstić information content (AvgIpc) is 2.70. The molecule has 2 rings (SSSR count). The summed E-state index contributed by atoms with van der Waals surface area (Å²) in [6.07, 6.45) is 5.84. The van der Waals surface area contributed by atoms with E-state index in [1.807, 2.05) is 6.26 Å². The fraction of sp³-hybridized carbons (Fsp3) is 0.750. The molecule has 0 aliphatic carbocycles. The quantitative estimate of drug-likeness (QED) is 0.883. The number of hydrogen-bond acceptors (Lipinski definition) is 3. The molecular weight excluding hydrogens is 236 g/mol. The summed E-state index contributed by atoms with van der Waals surface area (Å²) in [6, 6.07) is 2.62. The van der Waals surface area contributed by atoms with E-state index in [0.717, 1.165) is 24.8 Å². The van der Waals surface area contributed by atoms with Crippen LogP contribution in [0.5, 0.6) is 0 Å². The number of hydrogen-bond donors (Lipinski definition) is 1. The third kappa shape index (κ3) is 4.66. The molecule has 0 radical (unpaired) electrons. The highest BCUT2D eigenvalue weighted by Gasteiger charge is 2.16. The van der Waals surface area contributed by atoms with E-state index in [0.29, 0.717) is 6.04 Å². The summed E-state index contributed by atoms with van der Waals surface area (Å²) in [6.45, 7) is 11.0. The van der Waals surface area contributed by atoms with Crippen LogP contribution in [0.4, 0.5) is 0 Å². The lowest BCUT2D eigenvalue weighted by Gasteiger charge is -2.19. The topological polar surface area (TPSA) is 28.4 Å². The van der Waals surface area contributed by atoms with Crippen molar-refractivity contribution >= 4 is 0 Å². The lowest BCUT2D eigenvalue weighted by atomic mass is 10.0. The Labute approximate surface area is 117 Å². The highest BCUT2D eigenvalue weighted by molar-refractivity contribution is 5.17. The molecule has 1 fully saturated rings. The fourth-order valence-electron chi connectivity index (χ4n) is 2.66. The van der Waals surface area contributed by atoms with Gasteiger partial charge in [0.2, 0.25) is 0 Å². The Morgan fingerprint density at radius 3 is 3.00 bits per heavy atom. The molecule has 0 bridgehead atoms. The van der Waals surface area contributed by atoms with Gasteiger partial charge in [0.05, 0.1) is 12.8 Å². The van der Waals surface area contributed by atoms with Gasteiger partial charge in [-0.2, -0.15) is 0 Å². The number of nitrogens with one attached hydrogen (secondary N) is 1.